The number of hydrogen-bond donors (Lipinski definition) is 0. The molecule has 0 aromatic heterocycles. The van der Waals surface area contributed by atoms with Gasteiger partial charge in [0.25, 0.3) is 0 Å². The van der Waals surface area contributed by atoms with Crippen LogP contribution in [0.15, 0.2) is 11.8 Å². The zero-order valence-corrected chi connectivity index (χ0v) is 6.09. The maximum atomic E-state index is 10.5. The minimum atomic E-state index is -0.591. The second-order valence-electron chi connectivity index (χ2n) is 2.42. The first-order valence-electron chi connectivity index (χ1n) is 3.25. The second kappa shape index (κ2) is 2.73. The van der Waals surface area contributed by atoms with E-state index in [4.69, 9.17) is 4.74 Å². The lowest BCUT2D eigenvalue weighted by atomic mass is 10.1. The first kappa shape index (κ1) is 7.12. The normalized spacial score (nSPS) is 17.9. The summed E-state index contributed by atoms with van der Waals surface area (Å²) in [4.78, 5) is 10.5. The Kier molecular flexibility index (Phi) is 1.94. The zero-order valence-electron chi connectivity index (χ0n) is 6.09. The molecule has 0 radical (unpaired) electrons. The number of hydrogen-bond acceptors (Lipinski definition) is 3. The summed E-state index contributed by atoms with van der Waals surface area (Å²) in [7, 11) is 0. The molecule has 0 spiro atoms. The maximum Gasteiger partial charge on any atom is 0.513 e. The first-order chi connectivity index (χ1) is 4.70. The Labute approximate surface area is 59.6 Å². The Morgan fingerprint density at radius 1 is 1.60 bits per heavy atom. The minimum absolute atomic E-state index is 0.257. The highest BCUT2D eigenvalue weighted by Gasteiger charge is 2.15. The molecule has 0 atom stereocenters. The summed E-state index contributed by atoms with van der Waals surface area (Å²) < 4.78 is 9.27. The van der Waals surface area contributed by atoms with E-state index in [1.807, 2.05) is 13.8 Å². The topological polar surface area (TPSA) is 35.5 Å². The van der Waals surface area contributed by atoms with E-state index in [0.717, 1.165) is 0 Å². The summed E-state index contributed by atoms with van der Waals surface area (Å²) in [6, 6.07) is 0. The molecule has 3 heteroatoms. The van der Waals surface area contributed by atoms with Crippen molar-refractivity contribution in [1.29, 1.82) is 0 Å². The minimum Gasteiger partial charge on any atom is -0.430 e. The standard InChI is InChI=1S/C7H10O3/c1-5(2)6-3-4-9-7(8)10-6/h3,5H,4H2,1-2H3. The van der Waals surface area contributed by atoms with Crippen molar-refractivity contribution in [1.82, 2.24) is 0 Å². The van der Waals surface area contributed by atoms with Gasteiger partial charge in [0.2, 0.25) is 0 Å². The van der Waals surface area contributed by atoms with E-state index in [1.54, 1.807) is 6.08 Å². The fraction of sp³-hybridized carbons (Fsp3) is 0.571. The van der Waals surface area contributed by atoms with Crippen molar-refractivity contribution in [2.75, 3.05) is 6.61 Å². The van der Waals surface area contributed by atoms with Crippen molar-refractivity contribution in [3.63, 3.8) is 0 Å². The lowest BCUT2D eigenvalue weighted by molar-refractivity contribution is 0.0660. The van der Waals surface area contributed by atoms with Crippen molar-refractivity contribution in [3.05, 3.63) is 11.8 Å². The van der Waals surface area contributed by atoms with Gasteiger partial charge in [-0.05, 0) is 6.08 Å². The number of carbonyl (C=O) groups excluding carboxylic acids is 1. The van der Waals surface area contributed by atoms with E-state index in [0.29, 0.717) is 12.4 Å². The van der Waals surface area contributed by atoms with Gasteiger partial charge in [0.05, 0.1) is 0 Å². The van der Waals surface area contributed by atoms with E-state index in [9.17, 15) is 4.79 Å². The van der Waals surface area contributed by atoms with Crippen LogP contribution in [0.3, 0.4) is 0 Å². The summed E-state index contributed by atoms with van der Waals surface area (Å²) >= 11 is 0. The quantitative estimate of drug-likeness (QED) is 0.522. The van der Waals surface area contributed by atoms with Crippen molar-refractivity contribution >= 4 is 6.16 Å². The Bertz CT molecular complexity index is 170. The van der Waals surface area contributed by atoms with Crippen LogP contribution >= 0.6 is 0 Å². The van der Waals surface area contributed by atoms with E-state index >= 15 is 0 Å². The number of carbonyl (C=O) groups is 1. The summed E-state index contributed by atoms with van der Waals surface area (Å²) in [5.41, 5.74) is 0. The second-order valence-corrected chi connectivity index (χ2v) is 2.42. The van der Waals surface area contributed by atoms with Crippen molar-refractivity contribution in [2.24, 2.45) is 5.92 Å². The average molecular weight is 142 g/mol. The van der Waals surface area contributed by atoms with Crippen LogP contribution in [0, 0.1) is 5.92 Å². The van der Waals surface area contributed by atoms with Crippen LogP contribution in [0.2, 0.25) is 0 Å². The summed E-state index contributed by atoms with van der Waals surface area (Å²) in [5, 5.41) is 0. The zero-order chi connectivity index (χ0) is 7.56. The largest absolute Gasteiger partial charge is 0.513 e. The van der Waals surface area contributed by atoms with Crippen LogP contribution in [0.1, 0.15) is 13.8 Å². The van der Waals surface area contributed by atoms with Gasteiger partial charge in [0, 0.05) is 5.92 Å². The monoisotopic (exact) mass is 142 g/mol. The van der Waals surface area contributed by atoms with Crippen molar-refractivity contribution in [3.8, 4) is 0 Å². The van der Waals surface area contributed by atoms with Crippen molar-refractivity contribution in [2.45, 2.75) is 13.8 Å². The maximum absolute atomic E-state index is 10.5. The van der Waals surface area contributed by atoms with Gasteiger partial charge in [-0.2, -0.15) is 0 Å². The molecule has 3 nitrogen and oxygen atoms in total. The Morgan fingerprint density at radius 3 is 2.70 bits per heavy atom. The fourth-order valence-corrected chi connectivity index (χ4v) is 0.713. The molecule has 1 rings (SSSR count). The van der Waals surface area contributed by atoms with Crippen LogP contribution in [-0.2, 0) is 9.47 Å². The molecule has 0 saturated heterocycles. The van der Waals surface area contributed by atoms with E-state index in [-0.39, 0.29) is 5.92 Å². The predicted molar refractivity (Wildman–Crippen MR) is 35.4 cm³/mol. The molecular formula is C7H10O3. The highest BCUT2D eigenvalue weighted by atomic mass is 16.7. The Morgan fingerprint density at radius 2 is 2.30 bits per heavy atom. The lowest BCUT2D eigenvalue weighted by Gasteiger charge is -2.15. The summed E-state index contributed by atoms with van der Waals surface area (Å²) in [6.07, 6.45) is 1.18. The number of rotatable bonds is 1. The number of allylic oxidation sites excluding steroid dienone is 1. The molecule has 0 amide bonds. The third kappa shape index (κ3) is 1.50. The molecule has 10 heavy (non-hydrogen) atoms. The molecule has 1 aliphatic rings. The van der Waals surface area contributed by atoms with Gasteiger partial charge in [0.1, 0.15) is 12.4 Å². The number of cyclic esters (lactones) is 2. The summed E-state index contributed by atoms with van der Waals surface area (Å²) in [5.74, 6) is 0.962. The van der Waals surface area contributed by atoms with Gasteiger partial charge in [-0.3, -0.25) is 0 Å². The van der Waals surface area contributed by atoms with Gasteiger partial charge in [-0.1, -0.05) is 13.8 Å². The van der Waals surface area contributed by atoms with Crippen LogP contribution in [-0.4, -0.2) is 12.8 Å². The fourth-order valence-electron chi connectivity index (χ4n) is 0.713. The molecule has 0 aliphatic carbocycles. The Balaban J connectivity index is 2.60. The SMILES string of the molecule is CC(C)C1=CCOC(=O)O1. The van der Waals surface area contributed by atoms with Gasteiger partial charge < -0.3 is 9.47 Å². The highest BCUT2D eigenvalue weighted by molar-refractivity contribution is 5.62. The molecule has 0 aromatic rings. The molecule has 56 valence electrons. The van der Waals surface area contributed by atoms with E-state index in [2.05, 4.69) is 4.74 Å². The molecule has 0 aromatic carbocycles. The van der Waals surface area contributed by atoms with Crippen LogP contribution in [0.25, 0.3) is 0 Å². The smallest absolute Gasteiger partial charge is 0.430 e. The molecule has 0 N–H and O–H groups in total. The molecule has 0 saturated carbocycles. The van der Waals surface area contributed by atoms with Gasteiger partial charge >= 0.3 is 6.16 Å². The van der Waals surface area contributed by atoms with E-state index < -0.39 is 6.16 Å². The van der Waals surface area contributed by atoms with E-state index in [1.165, 1.54) is 0 Å². The average Bonchev–Trinajstić information content (AvgIpc) is 1.88. The van der Waals surface area contributed by atoms with Crippen LogP contribution in [0.5, 0.6) is 0 Å². The molecular weight excluding hydrogens is 132 g/mol. The summed E-state index contributed by atoms with van der Waals surface area (Å²) in [6.45, 7) is 4.27. The molecule has 0 unspecified atom stereocenters. The Hall–Kier alpha value is -0.990. The van der Waals surface area contributed by atoms with Crippen LogP contribution < -0.4 is 0 Å². The van der Waals surface area contributed by atoms with Gasteiger partial charge in [-0.25, -0.2) is 4.79 Å². The van der Waals surface area contributed by atoms with Crippen LogP contribution in [0.4, 0.5) is 4.79 Å². The molecule has 0 bridgehead atoms. The van der Waals surface area contributed by atoms with Crippen molar-refractivity contribution < 1.29 is 14.3 Å². The number of ether oxygens (including phenoxy) is 2. The van der Waals surface area contributed by atoms with Gasteiger partial charge in [0.15, 0.2) is 0 Å². The lowest BCUT2D eigenvalue weighted by Crippen LogP contribution is -2.16. The third-order valence-electron chi connectivity index (χ3n) is 1.26. The third-order valence-corrected chi connectivity index (χ3v) is 1.26. The predicted octanol–water partition coefficient (Wildman–Crippen LogP) is 1.69. The first-order valence-corrected chi connectivity index (χ1v) is 3.25. The molecule has 1 heterocycles. The highest BCUT2D eigenvalue weighted by Crippen LogP contribution is 2.14. The molecule has 0 fully saturated rings. The molecule has 1 aliphatic heterocycles. The van der Waals surface area contributed by atoms with Gasteiger partial charge in [-0.15, -0.1) is 0 Å².